The summed E-state index contributed by atoms with van der Waals surface area (Å²) in [4.78, 5) is 13.3. The molecule has 1 rings (SSSR count). The van der Waals surface area contributed by atoms with Gasteiger partial charge < -0.3 is 4.90 Å². The zero-order valence-electron chi connectivity index (χ0n) is 11.8. The minimum absolute atomic E-state index is 0.380. The zero-order valence-corrected chi connectivity index (χ0v) is 14.1. The van der Waals surface area contributed by atoms with E-state index in [0.29, 0.717) is 15.7 Å². The zero-order chi connectivity index (χ0) is 15.7. The molecule has 1 aromatic carbocycles. The molecule has 0 heterocycles. The average molecular weight is 338 g/mol. The number of carbonyl (C=O) groups excluding carboxylic acids is 1. The van der Waals surface area contributed by atoms with Crippen molar-refractivity contribution in [2.75, 3.05) is 17.7 Å². The number of benzene rings is 1. The van der Waals surface area contributed by atoms with E-state index in [1.54, 1.807) is 32.9 Å². The molecule has 20 heavy (non-hydrogen) atoms. The summed E-state index contributed by atoms with van der Waals surface area (Å²) in [5.74, 6) is -1.09. The molecule has 4 nitrogen and oxygen atoms in total. The first-order chi connectivity index (χ1) is 8.94. The highest BCUT2D eigenvalue weighted by atomic mass is 35.5. The van der Waals surface area contributed by atoms with Gasteiger partial charge in [0.25, 0.3) is 0 Å². The van der Waals surface area contributed by atoms with Crippen LogP contribution in [0.25, 0.3) is 0 Å². The van der Waals surface area contributed by atoms with Crippen LogP contribution >= 0.6 is 23.2 Å². The van der Waals surface area contributed by atoms with Gasteiger partial charge in [-0.25, -0.2) is 8.42 Å². The fraction of sp³-hybridized carbons (Fsp3) is 0.462. The van der Waals surface area contributed by atoms with E-state index in [4.69, 9.17) is 23.2 Å². The molecule has 1 aromatic rings. The predicted octanol–water partition coefficient (Wildman–Crippen LogP) is 3.17. The predicted molar refractivity (Wildman–Crippen MR) is 83.4 cm³/mol. The Morgan fingerprint density at radius 1 is 1.15 bits per heavy atom. The summed E-state index contributed by atoms with van der Waals surface area (Å²) in [6.07, 6.45) is 0. The monoisotopic (exact) mass is 337 g/mol. The molecular weight excluding hydrogens is 321 g/mol. The van der Waals surface area contributed by atoms with Crippen molar-refractivity contribution >= 4 is 44.6 Å². The van der Waals surface area contributed by atoms with Gasteiger partial charge >= 0.3 is 0 Å². The minimum atomic E-state index is -3.53. The lowest BCUT2D eigenvalue weighted by Gasteiger charge is -2.22. The molecular formula is C13H17Cl2NO3S. The standard InChI is InChI=1S/C13H17Cl2NO3S/c1-13(2,3)20(18,19)8-12(17)16(4)11-6-9(14)5-10(15)7-11/h5-7H,8H2,1-4H3. The Hall–Kier alpha value is -0.780. The molecule has 0 aliphatic heterocycles. The second-order valence-corrected chi connectivity index (χ2v) is 9.07. The van der Waals surface area contributed by atoms with Crippen LogP contribution < -0.4 is 4.90 Å². The normalized spacial score (nSPS) is 12.3. The van der Waals surface area contributed by atoms with E-state index in [-0.39, 0.29) is 0 Å². The Labute approximate surface area is 129 Å². The summed E-state index contributed by atoms with van der Waals surface area (Å²) in [5, 5.41) is 0.761. The van der Waals surface area contributed by atoms with Gasteiger partial charge in [0.2, 0.25) is 5.91 Å². The Bertz CT molecular complexity index is 601. The lowest BCUT2D eigenvalue weighted by molar-refractivity contribution is -0.116. The van der Waals surface area contributed by atoms with Crippen molar-refractivity contribution in [3.8, 4) is 0 Å². The van der Waals surface area contributed by atoms with Crippen LogP contribution in [0.2, 0.25) is 10.0 Å². The molecule has 0 saturated heterocycles. The molecule has 0 bridgehead atoms. The van der Waals surface area contributed by atoms with E-state index >= 15 is 0 Å². The number of rotatable bonds is 3. The summed E-state index contributed by atoms with van der Waals surface area (Å²) in [6.45, 7) is 4.68. The van der Waals surface area contributed by atoms with Crippen LogP contribution in [0.1, 0.15) is 20.8 Å². The number of nitrogens with zero attached hydrogens (tertiary/aromatic N) is 1. The number of hydrogen-bond acceptors (Lipinski definition) is 3. The third-order valence-corrected chi connectivity index (χ3v) is 5.78. The van der Waals surface area contributed by atoms with Crippen molar-refractivity contribution in [3.05, 3.63) is 28.2 Å². The van der Waals surface area contributed by atoms with Gasteiger partial charge in [-0.2, -0.15) is 0 Å². The van der Waals surface area contributed by atoms with Crippen molar-refractivity contribution in [2.45, 2.75) is 25.5 Å². The maximum Gasteiger partial charge on any atom is 0.241 e. The summed E-state index contributed by atoms with van der Waals surface area (Å²) in [6, 6.07) is 4.64. The molecule has 112 valence electrons. The third kappa shape index (κ3) is 4.11. The van der Waals surface area contributed by atoms with Crippen molar-refractivity contribution < 1.29 is 13.2 Å². The Morgan fingerprint density at radius 3 is 2.00 bits per heavy atom. The summed E-state index contributed by atoms with van der Waals surface area (Å²) < 4.78 is 23.1. The first kappa shape index (κ1) is 17.3. The summed E-state index contributed by atoms with van der Waals surface area (Å²) in [5.41, 5.74) is 0.455. The SMILES string of the molecule is CN(C(=O)CS(=O)(=O)C(C)(C)C)c1cc(Cl)cc(Cl)c1. The quantitative estimate of drug-likeness (QED) is 0.851. The van der Waals surface area contributed by atoms with E-state index in [0.717, 1.165) is 0 Å². The van der Waals surface area contributed by atoms with Gasteiger partial charge in [-0.15, -0.1) is 0 Å². The number of halogens is 2. The van der Waals surface area contributed by atoms with E-state index in [1.807, 2.05) is 0 Å². The number of carbonyl (C=O) groups is 1. The largest absolute Gasteiger partial charge is 0.315 e. The number of sulfone groups is 1. The Kier molecular flexibility index (Phi) is 5.11. The van der Waals surface area contributed by atoms with E-state index in [9.17, 15) is 13.2 Å². The lowest BCUT2D eigenvalue weighted by atomic mass is 10.3. The fourth-order valence-electron chi connectivity index (χ4n) is 1.35. The molecule has 0 unspecified atom stereocenters. The van der Waals surface area contributed by atoms with E-state index in [1.165, 1.54) is 18.0 Å². The van der Waals surface area contributed by atoms with Gasteiger partial charge in [0.05, 0.1) is 4.75 Å². The van der Waals surface area contributed by atoms with Crippen molar-refractivity contribution in [1.82, 2.24) is 0 Å². The number of hydrogen-bond donors (Lipinski definition) is 0. The number of anilines is 1. The van der Waals surface area contributed by atoms with Gasteiger partial charge in [0.1, 0.15) is 5.75 Å². The molecule has 0 N–H and O–H groups in total. The van der Waals surface area contributed by atoms with Crippen LogP contribution in [0.5, 0.6) is 0 Å². The third-order valence-electron chi connectivity index (χ3n) is 2.86. The fourth-order valence-corrected chi connectivity index (χ4v) is 2.82. The van der Waals surface area contributed by atoms with Gasteiger partial charge in [-0.05, 0) is 39.0 Å². The number of amides is 1. The van der Waals surface area contributed by atoms with Crippen LogP contribution in [-0.4, -0.2) is 31.9 Å². The van der Waals surface area contributed by atoms with Gasteiger partial charge in [0, 0.05) is 22.8 Å². The maximum absolute atomic E-state index is 12.1. The average Bonchev–Trinajstić information content (AvgIpc) is 2.24. The van der Waals surface area contributed by atoms with Gasteiger partial charge in [0.15, 0.2) is 9.84 Å². The highest BCUT2D eigenvalue weighted by Gasteiger charge is 2.32. The molecule has 0 aliphatic rings. The summed E-state index contributed by atoms with van der Waals surface area (Å²) in [7, 11) is -2.04. The molecule has 0 aliphatic carbocycles. The molecule has 1 amide bonds. The summed E-state index contributed by atoms with van der Waals surface area (Å²) >= 11 is 11.7. The maximum atomic E-state index is 12.1. The van der Waals surface area contributed by atoms with Crippen LogP contribution in [-0.2, 0) is 14.6 Å². The molecule has 0 aromatic heterocycles. The van der Waals surface area contributed by atoms with Crippen LogP contribution in [0.3, 0.4) is 0 Å². The first-order valence-electron chi connectivity index (χ1n) is 5.89. The second-order valence-electron chi connectivity index (χ2n) is 5.45. The topological polar surface area (TPSA) is 54.5 Å². The van der Waals surface area contributed by atoms with Crippen molar-refractivity contribution in [1.29, 1.82) is 0 Å². The molecule has 0 atom stereocenters. The molecule has 0 fully saturated rings. The first-order valence-corrected chi connectivity index (χ1v) is 8.30. The highest BCUT2D eigenvalue weighted by molar-refractivity contribution is 7.93. The van der Waals surface area contributed by atoms with Crippen LogP contribution in [0.4, 0.5) is 5.69 Å². The molecule has 7 heteroatoms. The van der Waals surface area contributed by atoms with E-state index in [2.05, 4.69) is 0 Å². The lowest BCUT2D eigenvalue weighted by Crippen LogP contribution is -2.39. The van der Waals surface area contributed by atoms with E-state index < -0.39 is 26.2 Å². The molecule has 0 spiro atoms. The Morgan fingerprint density at radius 2 is 1.60 bits per heavy atom. The Balaban J connectivity index is 2.99. The van der Waals surface area contributed by atoms with Gasteiger partial charge in [-0.1, -0.05) is 23.2 Å². The van der Waals surface area contributed by atoms with Crippen LogP contribution in [0.15, 0.2) is 18.2 Å². The van der Waals surface area contributed by atoms with Crippen molar-refractivity contribution in [2.24, 2.45) is 0 Å². The molecule has 0 saturated carbocycles. The smallest absolute Gasteiger partial charge is 0.241 e. The van der Waals surface area contributed by atoms with Crippen LogP contribution in [0, 0.1) is 0 Å². The second kappa shape index (κ2) is 5.92. The minimum Gasteiger partial charge on any atom is -0.315 e. The molecule has 0 radical (unpaired) electrons. The van der Waals surface area contributed by atoms with Crippen molar-refractivity contribution in [3.63, 3.8) is 0 Å². The van der Waals surface area contributed by atoms with Gasteiger partial charge in [-0.3, -0.25) is 4.79 Å². The highest BCUT2D eigenvalue weighted by Crippen LogP contribution is 2.25.